The third-order valence-corrected chi connectivity index (χ3v) is 2.08. The van der Waals surface area contributed by atoms with Crippen molar-refractivity contribution in [3.05, 3.63) is 30.3 Å². The molecule has 1 aromatic rings. The van der Waals surface area contributed by atoms with E-state index in [0.717, 1.165) is 12.2 Å². The minimum absolute atomic E-state index is 0.0626. The second kappa shape index (κ2) is 4.51. The highest BCUT2D eigenvalue weighted by molar-refractivity contribution is 5.47. The molecule has 0 spiro atoms. The number of anilines is 1. The standard InChI is InChI=1S/C11H14N2/c1-3-13(10(2)9-12)11-7-5-4-6-8-11/h4-8,10H,3H2,1-2H3. The van der Waals surface area contributed by atoms with E-state index in [9.17, 15) is 0 Å². The van der Waals surface area contributed by atoms with Crippen molar-refractivity contribution >= 4 is 5.69 Å². The van der Waals surface area contributed by atoms with E-state index in [-0.39, 0.29) is 6.04 Å². The highest BCUT2D eigenvalue weighted by atomic mass is 15.1. The minimum Gasteiger partial charge on any atom is -0.356 e. The maximum absolute atomic E-state index is 8.81. The third kappa shape index (κ3) is 2.22. The van der Waals surface area contributed by atoms with Crippen molar-refractivity contribution in [3.63, 3.8) is 0 Å². The van der Waals surface area contributed by atoms with Crippen LogP contribution in [0.1, 0.15) is 13.8 Å². The molecule has 1 unspecified atom stereocenters. The van der Waals surface area contributed by atoms with E-state index in [1.54, 1.807) is 0 Å². The summed E-state index contributed by atoms with van der Waals surface area (Å²) in [7, 11) is 0. The van der Waals surface area contributed by atoms with Crippen molar-refractivity contribution in [1.82, 2.24) is 0 Å². The molecule has 0 amide bonds. The van der Waals surface area contributed by atoms with Crippen LogP contribution in [0.2, 0.25) is 0 Å². The smallest absolute Gasteiger partial charge is 0.114 e. The monoisotopic (exact) mass is 174 g/mol. The average molecular weight is 174 g/mol. The number of nitrogens with zero attached hydrogens (tertiary/aromatic N) is 2. The van der Waals surface area contributed by atoms with Gasteiger partial charge in [-0.1, -0.05) is 18.2 Å². The number of hydrogen-bond acceptors (Lipinski definition) is 2. The predicted octanol–water partition coefficient (Wildman–Crippen LogP) is 2.42. The SMILES string of the molecule is CCN(c1ccccc1)C(C)C#N. The van der Waals surface area contributed by atoms with Crippen LogP contribution in [0.5, 0.6) is 0 Å². The first kappa shape index (κ1) is 9.60. The summed E-state index contributed by atoms with van der Waals surface area (Å²) in [4.78, 5) is 2.07. The van der Waals surface area contributed by atoms with E-state index in [1.807, 2.05) is 37.3 Å². The first-order valence-corrected chi connectivity index (χ1v) is 4.51. The highest BCUT2D eigenvalue weighted by Crippen LogP contribution is 2.15. The molecule has 2 heteroatoms. The van der Waals surface area contributed by atoms with Gasteiger partial charge in [0.15, 0.2) is 0 Å². The number of hydrogen-bond donors (Lipinski definition) is 0. The second-order valence-electron chi connectivity index (χ2n) is 2.93. The largest absolute Gasteiger partial charge is 0.356 e. The molecule has 0 aliphatic heterocycles. The van der Waals surface area contributed by atoms with Crippen LogP contribution in [-0.2, 0) is 0 Å². The summed E-state index contributed by atoms with van der Waals surface area (Å²) in [6.07, 6.45) is 0. The maximum atomic E-state index is 8.81. The Morgan fingerprint density at radius 1 is 1.38 bits per heavy atom. The van der Waals surface area contributed by atoms with E-state index in [4.69, 9.17) is 5.26 Å². The second-order valence-corrected chi connectivity index (χ2v) is 2.93. The molecule has 0 aromatic heterocycles. The van der Waals surface area contributed by atoms with Gasteiger partial charge in [0.2, 0.25) is 0 Å². The van der Waals surface area contributed by atoms with Crippen molar-refractivity contribution in [2.24, 2.45) is 0 Å². The average Bonchev–Trinajstić information content (AvgIpc) is 2.20. The Morgan fingerprint density at radius 2 is 2.00 bits per heavy atom. The van der Waals surface area contributed by atoms with Gasteiger partial charge in [0.25, 0.3) is 0 Å². The summed E-state index contributed by atoms with van der Waals surface area (Å²) in [5, 5.41) is 8.81. The van der Waals surface area contributed by atoms with Crippen molar-refractivity contribution in [3.8, 4) is 6.07 Å². The van der Waals surface area contributed by atoms with Crippen LogP contribution in [0.4, 0.5) is 5.69 Å². The fourth-order valence-corrected chi connectivity index (χ4v) is 1.37. The van der Waals surface area contributed by atoms with Gasteiger partial charge in [0, 0.05) is 12.2 Å². The van der Waals surface area contributed by atoms with E-state index in [1.165, 1.54) is 0 Å². The lowest BCUT2D eigenvalue weighted by Crippen LogP contribution is -2.31. The van der Waals surface area contributed by atoms with Crippen molar-refractivity contribution < 1.29 is 0 Å². The molecule has 0 radical (unpaired) electrons. The first-order valence-electron chi connectivity index (χ1n) is 4.51. The van der Waals surface area contributed by atoms with Gasteiger partial charge in [-0.25, -0.2) is 0 Å². The van der Waals surface area contributed by atoms with Crippen LogP contribution in [0.3, 0.4) is 0 Å². The van der Waals surface area contributed by atoms with Gasteiger partial charge in [-0.15, -0.1) is 0 Å². The van der Waals surface area contributed by atoms with Crippen LogP contribution in [0.15, 0.2) is 30.3 Å². The molecule has 0 N–H and O–H groups in total. The molecule has 2 nitrogen and oxygen atoms in total. The molecule has 0 fully saturated rings. The lowest BCUT2D eigenvalue weighted by molar-refractivity contribution is 0.768. The number of rotatable bonds is 3. The van der Waals surface area contributed by atoms with Gasteiger partial charge in [-0.05, 0) is 26.0 Å². The van der Waals surface area contributed by atoms with Crippen LogP contribution in [-0.4, -0.2) is 12.6 Å². The molecule has 0 heterocycles. The van der Waals surface area contributed by atoms with Crippen LogP contribution >= 0.6 is 0 Å². The van der Waals surface area contributed by atoms with Gasteiger partial charge in [-0.3, -0.25) is 0 Å². The van der Waals surface area contributed by atoms with Gasteiger partial charge in [0.05, 0.1) is 6.07 Å². The Balaban J connectivity index is 2.86. The summed E-state index contributed by atoms with van der Waals surface area (Å²) in [5.74, 6) is 0. The van der Waals surface area contributed by atoms with E-state index in [2.05, 4.69) is 17.9 Å². The van der Waals surface area contributed by atoms with E-state index in [0.29, 0.717) is 0 Å². The van der Waals surface area contributed by atoms with E-state index < -0.39 is 0 Å². The molecule has 13 heavy (non-hydrogen) atoms. The molecule has 0 saturated heterocycles. The fraction of sp³-hybridized carbons (Fsp3) is 0.364. The normalized spacial score (nSPS) is 11.8. The molecule has 0 aliphatic rings. The molecule has 68 valence electrons. The van der Waals surface area contributed by atoms with Crippen molar-refractivity contribution in [2.75, 3.05) is 11.4 Å². The molecule has 1 atom stereocenters. The number of benzene rings is 1. The zero-order valence-electron chi connectivity index (χ0n) is 8.07. The summed E-state index contributed by atoms with van der Waals surface area (Å²) in [6, 6.07) is 12.2. The summed E-state index contributed by atoms with van der Waals surface area (Å²) in [6.45, 7) is 4.83. The Bertz CT molecular complexity index is 287. The highest BCUT2D eigenvalue weighted by Gasteiger charge is 2.10. The number of nitriles is 1. The summed E-state index contributed by atoms with van der Waals surface area (Å²) >= 11 is 0. The molecule has 1 rings (SSSR count). The molecule has 0 saturated carbocycles. The molecular formula is C11H14N2. The van der Waals surface area contributed by atoms with E-state index >= 15 is 0 Å². The van der Waals surface area contributed by atoms with Crippen LogP contribution < -0.4 is 4.90 Å². The lowest BCUT2D eigenvalue weighted by Gasteiger charge is -2.25. The summed E-state index contributed by atoms with van der Waals surface area (Å²) < 4.78 is 0. The van der Waals surface area contributed by atoms with Crippen molar-refractivity contribution in [2.45, 2.75) is 19.9 Å². The van der Waals surface area contributed by atoms with Gasteiger partial charge >= 0.3 is 0 Å². The Hall–Kier alpha value is -1.49. The van der Waals surface area contributed by atoms with Gasteiger partial charge in [-0.2, -0.15) is 5.26 Å². The zero-order valence-corrected chi connectivity index (χ0v) is 8.07. The fourth-order valence-electron chi connectivity index (χ4n) is 1.37. The zero-order chi connectivity index (χ0) is 9.68. The number of para-hydroxylation sites is 1. The lowest BCUT2D eigenvalue weighted by atomic mass is 10.2. The Morgan fingerprint density at radius 3 is 2.46 bits per heavy atom. The van der Waals surface area contributed by atoms with Crippen LogP contribution in [0.25, 0.3) is 0 Å². The molecular weight excluding hydrogens is 160 g/mol. The molecule has 1 aromatic carbocycles. The Kier molecular flexibility index (Phi) is 3.33. The Labute approximate surface area is 79.4 Å². The predicted molar refractivity (Wildman–Crippen MR) is 54.5 cm³/mol. The topological polar surface area (TPSA) is 27.0 Å². The molecule has 0 bridgehead atoms. The summed E-state index contributed by atoms with van der Waals surface area (Å²) in [5.41, 5.74) is 1.11. The third-order valence-electron chi connectivity index (χ3n) is 2.08. The quantitative estimate of drug-likeness (QED) is 0.703. The van der Waals surface area contributed by atoms with Gasteiger partial charge < -0.3 is 4.90 Å². The van der Waals surface area contributed by atoms with Crippen molar-refractivity contribution in [1.29, 1.82) is 5.26 Å². The first-order chi connectivity index (χ1) is 6.29. The minimum atomic E-state index is -0.0626. The van der Waals surface area contributed by atoms with Crippen LogP contribution in [0, 0.1) is 11.3 Å². The maximum Gasteiger partial charge on any atom is 0.114 e. The van der Waals surface area contributed by atoms with Gasteiger partial charge in [0.1, 0.15) is 6.04 Å². The molecule has 0 aliphatic carbocycles.